The summed E-state index contributed by atoms with van der Waals surface area (Å²) in [5.41, 5.74) is 0.256. The quantitative estimate of drug-likeness (QED) is 0.299. The van der Waals surface area contributed by atoms with Gasteiger partial charge in [0, 0.05) is 18.2 Å². The third kappa shape index (κ3) is 9.66. The van der Waals surface area contributed by atoms with Gasteiger partial charge >= 0.3 is 0 Å². The zero-order valence-electron chi connectivity index (χ0n) is 16.3. The van der Waals surface area contributed by atoms with Crippen molar-refractivity contribution in [3.05, 3.63) is 35.4 Å². The van der Waals surface area contributed by atoms with E-state index in [1.807, 2.05) is 6.92 Å². The second kappa shape index (κ2) is 14.1. The number of hydrogen-bond acceptors (Lipinski definition) is 2. The summed E-state index contributed by atoms with van der Waals surface area (Å²) < 4.78 is 26.9. The Labute approximate surface area is 173 Å². The largest absolute Gasteiger partial charge is 0.357 e. The van der Waals surface area contributed by atoms with Crippen molar-refractivity contribution >= 4 is 29.9 Å². The molecule has 0 spiro atoms. The number of aliphatic imine (C=N–C) groups is 1. The lowest BCUT2D eigenvalue weighted by Crippen LogP contribution is -2.42. The smallest absolute Gasteiger partial charge is 0.191 e. The van der Waals surface area contributed by atoms with Gasteiger partial charge < -0.3 is 15.5 Å². The lowest BCUT2D eigenvalue weighted by Gasteiger charge is -2.21. The first-order valence-corrected chi connectivity index (χ1v) is 9.21. The summed E-state index contributed by atoms with van der Waals surface area (Å²) in [5, 5.41) is 6.49. The van der Waals surface area contributed by atoms with E-state index in [1.54, 1.807) is 0 Å². The fourth-order valence-corrected chi connectivity index (χ4v) is 2.62. The van der Waals surface area contributed by atoms with Crippen LogP contribution in [0.25, 0.3) is 0 Å². The molecule has 150 valence electrons. The molecule has 0 heterocycles. The van der Waals surface area contributed by atoms with Crippen molar-refractivity contribution in [2.45, 2.75) is 53.1 Å². The van der Waals surface area contributed by atoms with Gasteiger partial charge in [0.05, 0.1) is 6.54 Å². The zero-order valence-corrected chi connectivity index (χ0v) is 18.6. The molecule has 1 rings (SSSR count). The van der Waals surface area contributed by atoms with E-state index in [0.717, 1.165) is 44.6 Å². The van der Waals surface area contributed by atoms with Crippen molar-refractivity contribution in [2.75, 3.05) is 26.2 Å². The van der Waals surface area contributed by atoms with Crippen molar-refractivity contribution in [3.8, 4) is 0 Å². The summed E-state index contributed by atoms with van der Waals surface area (Å²) in [7, 11) is 0. The first kappa shape index (κ1) is 25.0. The summed E-state index contributed by atoms with van der Waals surface area (Å²) in [5.74, 6) is -0.260. The van der Waals surface area contributed by atoms with Crippen molar-refractivity contribution < 1.29 is 8.78 Å². The van der Waals surface area contributed by atoms with Crippen LogP contribution in [-0.2, 0) is 6.54 Å². The Morgan fingerprint density at radius 2 is 1.88 bits per heavy atom. The lowest BCUT2D eigenvalue weighted by atomic mass is 10.2. The van der Waals surface area contributed by atoms with Crippen molar-refractivity contribution in [2.24, 2.45) is 4.99 Å². The van der Waals surface area contributed by atoms with Crippen LogP contribution in [0.15, 0.2) is 23.2 Å². The van der Waals surface area contributed by atoms with E-state index in [2.05, 4.69) is 41.3 Å². The summed E-state index contributed by atoms with van der Waals surface area (Å²) in [4.78, 5) is 6.78. The minimum absolute atomic E-state index is 0. The molecular weight excluding hydrogens is 449 g/mol. The lowest BCUT2D eigenvalue weighted by molar-refractivity contribution is 0.292. The third-order valence-electron chi connectivity index (χ3n) is 4.15. The van der Waals surface area contributed by atoms with Gasteiger partial charge in [-0.05, 0) is 64.5 Å². The average molecular weight is 482 g/mol. The number of nitrogens with zero attached hydrogens (tertiary/aromatic N) is 2. The van der Waals surface area contributed by atoms with Crippen molar-refractivity contribution in [1.82, 2.24) is 15.5 Å². The standard InChI is InChI=1S/C19H32F2N4.HI/c1-5-22-19(23-14-16-13-17(20)10-11-18(16)21)24-15(4)9-8-12-25(6-2)7-3;/h10-11,13,15H,5-9,12,14H2,1-4H3,(H2,22,23,24);1H. The molecule has 4 nitrogen and oxygen atoms in total. The van der Waals surface area contributed by atoms with Gasteiger partial charge in [-0.3, -0.25) is 0 Å². The maximum absolute atomic E-state index is 13.7. The molecule has 7 heteroatoms. The predicted octanol–water partition coefficient (Wildman–Crippen LogP) is 4.15. The minimum Gasteiger partial charge on any atom is -0.357 e. The van der Waals surface area contributed by atoms with Gasteiger partial charge in [0.1, 0.15) is 11.6 Å². The molecule has 1 atom stereocenters. The Hall–Kier alpha value is -0.960. The van der Waals surface area contributed by atoms with Crippen LogP contribution in [0, 0.1) is 11.6 Å². The topological polar surface area (TPSA) is 39.7 Å². The van der Waals surface area contributed by atoms with E-state index in [-0.39, 0.29) is 42.1 Å². The van der Waals surface area contributed by atoms with Gasteiger partial charge in [-0.2, -0.15) is 0 Å². The fraction of sp³-hybridized carbons (Fsp3) is 0.632. The Morgan fingerprint density at radius 3 is 2.50 bits per heavy atom. The molecule has 2 N–H and O–H groups in total. The second-order valence-corrected chi connectivity index (χ2v) is 6.15. The van der Waals surface area contributed by atoms with Crippen LogP contribution >= 0.6 is 24.0 Å². The van der Waals surface area contributed by atoms with Crippen LogP contribution < -0.4 is 10.6 Å². The molecule has 0 aliphatic carbocycles. The maximum atomic E-state index is 13.7. The van der Waals surface area contributed by atoms with E-state index in [9.17, 15) is 8.78 Å². The zero-order chi connectivity index (χ0) is 18.7. The molecule has 1 aromatic rings. The highest BCUT2D eigenvalue weighted by atomic mass is 127. The molecule has 0 fully saturated rings. The van der Waals surface area contributed by atoms with Crippen LogP contribution in [0.5, 0.6) is 0 Å². The Balaban J connectivity index is 0.00000625. The van der Waals surface area contributed by atoms with Crippen molar-refractivity contribution in [3.63, 3.8) is 0 Å². The van der Waals surface area contributed by atoms with Crippen LogP contribution in [0.2, 0.25) is 0 Å². The first-order valence-electron chi connectivity index (χ1n) is 9.21. The highest BCUT2D eigenvalue weighted by Gasteiger charge is 2.08. The number of halogens is 3. The molecular formula is C19H33F2IN4. The molecule has 1 aromatic carbocycles. The van der Waals surface area contributed by atoms with Gasteiger partial charge in [-0.15, -0.1) is 24.0 Å². The summed E-state index contributed by atoms with van der Waals surface area (Å²) in [6, 6.07) is 3.70. The van der Waals surface area contributed by atoms with E-state index < -0.39 is 11.6 Å². The predicted molar refractivity (Wildman–Crippen MR) is 116 cm³/mol. The van der Waals surface area contributed by atoms with Gasteiger partial charge in [0.2, 0.25) is 0 Å². The van der Waals surface area contributed by atoms with Gasteiger partial charge in [0.15, 0.2) is 5.96 Å². The molecule has 0 aliphatic rings. The number of nitrogens with one attached hydrogen (secondary N) is 2. The summed E-state index contributed by atoms with van der Waals surface area (Å²) in [6.45, 7) is 12.5. The van der Waals surface area contributed by atoms with Gasteiger partial charge in [-0.1, -0.05) is 13.8 Å². The third-order valence-corrected chi connectivity index (χ3v) is 4.15. The molecule has 0 saturated carbocycles. The summed E-state index contributed by atoms with van der Waals surface area (Å²) >= 11 is 0. The molecule has 26 heavy (non-hydrogen) atoms. The van der Waals surface area contributed by atoms with E-state index >= 15 is 0 Å². The molecule has 0 radical (unpaired) electrons. The van der Waals surface area contributed by atoms with E-state index in [0.29, 0.717) is 12.5 Å². The van der Waals surface area contributed by atoms with Crippen LogP contribution in [-0.4, -0.2) is 43.1 Å². The molecule has 0 bridgehead atoms. The van der Waals surface area contributed by atoms with Crippen LogP contribution in [0.4, 0.5) is 8.78 Å². The highest BCUT2D eigenvalue weighted by Crippen LogP contribution is 2.10. The number of benzene rings is 1. The summed E-state index contributed by atoms with van der Waals surface area (Å²) in [6.07, 6.45) is 2.13. The van der Waals surface area contributed by atoms with Gasteiger partial charge in [-0.25, -0.2) is 13.8 Å². The van der Waals surface area contributed by atoms with E-state index in [1.165, 1.54) is 6.07 Å². The molecule has 0 amide bonds. The highest BCUT2D eigenvalue weighted by molar-refractivity contribution is 14.0. The number of rotatable bonds is 10. The maximum Gasteiger partial charge on any atom is 0.191 e. The first-order chi connectivity index (χ1) is 12.0. The Bertz CT molecular complexity index is 536. The molecule has 0 aliphatic heterocycles. The number of guanidine groups is 1. The average Bonchev–Trinajstić information content (AvgIpc) is 2.59. The Morgan fingerprint density at radius 1 is 1.19 bits per heavy atom. The second-order valence-electron chi connectivity index (χ2n) is 6.15. The fourth-order valence-electron chi connectivity index (χ4n) is 2.62. The molecule has 0 aromatic heterocycles. The number of hydrogen-bond donors (Lipinski definition) is 2. The SMILES string of the molecule is CCNC(=NCc1cc(F)ccc1F)NC(C)CCCN(CC)CC.I. The van der Waals surface area contributed by atoms with Crippen LogP contribution in [0.3, 0.4) is 0 Å². The monoisotopic (exact) mass is 482 g/mol. The van der Waals surface area contributed by atoms with E-state index in [4.69, 9.17) is 0 Å². The van der Waals surface area contributed by atoms with Crippen LogP contribution in [0.1, 0.15) is 46.1 Å². The van der Waals surface area contributed by atoms with Gasteiger partial charge in [0.25, 0.3) is 0 Å². The minimum atomic E-state index is -0.450. The van der Waals surface area contributed by atoms with Crippen molar-refractivity contribution in [1.29, 1.82) is 0 Å². The Kier molecular flexibility index (Phi) is 13.6. The molecule has 1 unspecified atom stereocenters. The normalized spacial score (nSPS) is 12.7. The molecule has 0 saturated heterocycles.